The molecule has 5 heteroatoms. The van der Waals surface area contributed by atoms with Crippen molar-refractivity contribution in [1.29, 1.82) is 0 Å². The normalized spacial score (nSPS) is 14.3. The molecule has 4 nitrogen and oxygen atoms in total. The fraction of sp³-hybridized carbons (Fsp3) is 0.333. The highest BCUT2D eigenvalue weighted by molar-refractivity contribution is 8.03. The van der Waals surface area contributed by atoms with Crippen LogP contribution in [0.2, 0.25) is 0 Å². The van der Waals surface area contributed by atoms with E-state index < -0.39 is 0 Å². The predicted molar refractivity (Wildman–Crippen MR) is 161 cm³/mol. The molecule has 4 aromatic rings. The molecule has 0 unspecified atom stereocenters. The molecule has 1 aliphatic rings. The van der Waals surface area contributed by atoms with Crippen LogP contribution in [0.1, 0.15) is 51.0 Å². The maximum Gasteiger partial charge on any atom is 0.355 e. The predicted octanol–water partition coefficient (Wildman–Crippen LogP) is 7.41. The van der Waals surface area contributed by atoms with Crippen LogP contribution in [0.3, 0.4) is 0 Å². The van der Waals surface area contributed by atoms with Crippen LogP contribution in [-0.4, -0.2) is 11.6 Å². The molecule has 196 valence electrons. The number of thioether (sulfide) groups is 1. The van der Waals surface area contributed by atoms with Crippen LogP contribution in [0.4, 0.5) is 5.69 Å². The number of hydrogen-bond acceptors (Lipinski definition) is 2. The molecule has 0 N–H and O–H groups in total. The molecule has 0 atom stereocenters. The molecule has 0 saturated heterocycles. The maximum absolute atomic E-state index is 2.53. The van der Waals surface area contributed by atoms with Crippen molar-refractivity contribution in [2.24, 2.45) is 14.1 Å². The van der Waals surface area contributed by atoms with Crippen LogP contribution >= 0.6 is 11.8 Å². The number of allylic oxidation sites excluding steroid dienone is 2. The molecule has 38 heavy (non-hydrogen) atoms. The Morgan fingerprint density at radius 1 is 0.895 bits per heavy atom. The number of imidazole rings is 1. The molecular weight excluding hydrogens is 484 g/mol. The Kier molecular flexibility index (Phi) is 8.33. The van der Waals surface area contributed by atoms with Crippen LogP contribution in [0.15, 0.2) is 88.9 Å². The summed E-state index contributed by atoms with van der Waals surface area (Å²) in [6.07, 6.45) is 16.6. The summed E-state index contributed by atoms with van der Waals surface area (Å²) in [4.78, 5) is 3.58. The Balaban J connectivity index is 1.42. The van der Waals surface area contributed by atoms with E-state index in [1.54, 1.807) is 0 Å². The zero-order chi connectivity index (χ0) is 26.5. The van der Waals surface area contributed by atoms with Gasteiger partial charge in [0.1, 0.15) is 7.05 Å². The van der Waals surface area contributed by atoms with Crippen LogP contribution in [0.5, 0.6) is 0 Å². The monoisotopic (exact) mass is 524 g/mol. The van der Waals surface area contributed by atoms with E-state index in [2.05, 4.69) is 132 Å². The Bertz CT molecular complexity index is 1480. The van der Waals surface area contributed by atoms with E-state index in [1.807, 2.05) is 11.8 Å². The third-order valence-corrected chi connectivity index (χ3v) is 8.73. The minimum Gasteiger partial charge on any atom is -0.338 e. The van der Waals surface area contributed by atoms with Gasteiger partial charge in [-0.1, -0.05) is 80.8 Å². The molecule has 5 rings (SSSR count). The summed E-state index contributed by atoms with van der Waals surface area (Å²) in [5.74, 6) is 1.26. The number of para-hydroxylation sites is 3. The summed E-state index contributed by atoms with van der Waals surface area (Å²) in [7, 11) is 6.49. The lowest BCUT2D eigenvalue weighted by Gasteiger charge is -2.12. The largest absolute Gasteiger partial charge is 0.355 e. The smallest absolute Gasteiger partial charge is 0.338 e. The van der Waals surface area contributed by atoms with Gasteiger partial charge in [0.2, 0.25) is 0 Å². The van der Waals surface area contributed by atoms with Crippen LogP contribution < -0.4 is 14.0 Å². The fourth-order valence-corrected chi connectivity index (χ4v) is 6.46. The van der Waals surface area contributed by atoms with Crippen molar-refractivity contribution in [2.75, 3.05) is 11.9 Å². The topological polar surface area (TPSA) is 15.9 Å². The second-order valence-corrected chi connectivity index (χ2v) is 11.3. The van der Waals surface area contributed by atoms with Crippen LogP contribution in [0, 0.1) is 0 Å². The zero-order valence-electron chi connectivity index (χ0n) is 23.2. The highest BCUT2D eigenvalue weighted by atomic mass is 32.2. The van der Waals surface area contributed by atoms with Gasteiger partial charge in [0.15, 0.2) is 17.2 Å². The SMILES string of the molecule is CCCCCCCCn1c(-c2cc(/C=C\C=C3\Sc4ccccc4N3C)cc[n+]2C)[n+](C)c2ccccc21. The van der Waals surface area contributed by atoms with Crippen LogP contribution in [-0.2, 0) is 20.6 Å². The minimum absolute atomic E-state index is 1.04. The van der Waals surface area contributed by atoms with Gasteiger partial charge in [-0.3, -0.25) is 0 Å². The molecule has 0 aliphatic carbocycles. The molecule has 2 aromatic heterocycles. The van der Waals surface area contributed by atoms with Crippen LogP contribution in [0.25, 0.3) is 28.6 Å². The van der Waals surface area contributed by atoms with E-state index in [0.717, 1.165) is 6.54 Å². The quantitative estimate of drug-likeness (QED) is 0.159. The highest BCUT2D eigenvalue weighted by Gasteiger charge is 2.30. The first-order valence-electron chi connectivity index (χ1n) is 13.9. The molecule has 0 spiro atoms. The van der Waals surface area contributed by atoms with Gasteiger partial charge < -0.3 is 4.90 Å². The average Bonchev–Trinajstić information content (AvgIpc) is 3.40. The van der Waals surface area contributed by atoms with E-state index in [4.69, 9.17) is 0 Å². The number of hydrogen-bond donors (Lipinski definition) is 0. The standard InChI is InChI=1S/C33H40N4S/c1-5-6-7-8-9-14-23-37-28-18-11-10-17-27(28)36(4)33(37)30-25-26(22-24-34(30)2)16-15-21-32-35(3)29-19-12-13-20-31(29)38-32/h10-13,15-22,24-25H,5-9,14,23H2,1-4H3/q+2. The van der Waals surface area contributed by atoms with Gasteiger partial charge in [0, 0.05) is 24.1 Å². The summed E-state index contributed by atoms with van der Waals surface area (Å²) in [6, 6.07) is 21.9. The molecule has 0 radical (unpaired) electrons. The molecule has 0 bridgehead atoms. The number of unbranched alkanes of at least 4 members (excludes halogenated alkanes) is 5. The van der Waals surface area contributed by atoms with Gasteiger partial charge in [-0.2, -0.15) is 4.57 Å². The number of aryl methyl sites for hydroxylation is 3. The van der Waals surface area contributed by atoms with E-state index in [1.165, 1.54) is 82.3 Å². The van der Waals surface area contributed by atoms with E-state index in [-0.39, 0.29) is 0 Å². The summed E-state index contributed by atoms with van der Waals surface area (Å²) in [6.45, 7) is 3.32. The number of anilines is 1. The number of benzene rings is 2. The van der Waals surface area contributed by atoms with Crippen molar-refractivity contribution in [1.82, 2.24) is 4.57 Å². The minimum atomic E-state index is 1.04. The Morgan fingerprint density at radius 3 is 2.50 bits per heavy atom. The Morgan fingerprint density at radius 2 is 1.66 bits per heavy atom. The fourth-order valence-electron chi connectivity index (χ4n) is 5.39. The first-order valence-corrected chi connectivity index (χ1v) is 14.8. The average molecular weight is 525 g/mol. The van der Waals surface area contributed by atoms with E-state index >= 15 is 0 Å². The number of fused-ring (bicyclic) bond motifs is 2. The second kappa shape index (κ2) is 12.0. The van der Waals surface area contributed by atoms with Gasteiger partial charge in [-0.05, 0) is 48.7 Å². The Labute approximate surface area is 231 Å². The number of rotatable bonds is 10. The summed E-state index contributed by atoms with van der Waals surface area (Å²) >= 11 is 1.83. The second-order valence-electron chi connectivity index (χ2n) is 10.2. The molecule has 1 aliphatic heterocycles. The summed E-state index contributed by atoms with van der Waals surface area (Å²) in [5, 5.41) is 1.25. The third-order valence-electron chi connectivity index (χ3n) is 7.54. The lowest BCUT2D eigenvalue weighted by Crippen LogP contribution is -2.38. The molecular formula is C33H40N4S+2. The van der Waals surface area contributed by atoms with E-state index in [0.29, 0.717) is 0 Å². The zero-order valence-corrected chi connectivity index (χ0v) is 24.0. The van der Waals surface area contributed by atoms with Gasteiger partial charge in [-0.15, -0.1) is 0 Å². The van der Waals surface area contributed by atoms with Gasteiger partial charge in [0.25, 0.3) is 5.69 Å². The molecule has 0 amide bonds. The Hall–Kier alpha value is -3.31. The van der Waals surface area contributed by atoms with Gasteiger partial charge in [0.05, 0.1) is 24.3 Å². The number of aromatic nitrogens is 3. The first kappa shape index (κ1) is 26.3. The van der Waals surface area contributed by atoms with Gasteiger partial charge >= 0.3 is 5.82 Å². The van der Waals surface area contributed by atoms with Crippen molar-refractivity contribution in [3.63, 3.8) is 0 Å². The maximum atomic E-state index is 2.53. The summed E-state index contributed by atoms with van der Waals surface area (Å²) in [5.41, 5.74) is 6.29. The lowest BCUT2D eigenvalue weighted by atomic mass is 10.1. The lowest BCUT2D eigenvalue weighted by molar-refractivity contribution is -0.680. The van der Waals surface area contributed by atoms with Crippen molar-refractivity contribution in [3.05, 3.63) is 89.6 Å². The molecule has 0 fully saturated rings. The van der Waals surface area contributed by atoms with Crippen molar-refractivity contribution in [3.8, 4) is 11.5 Å². The molecule has 0 saturated carbocycles. The van der Waals surface area contributed by atoms with Crippen molar-refractivity contribution < 1.29 is 9.13 Å². The van der Waals surface area contributed by atoms with Crippen molar-refractivity contribution >= 4 is 34.6 Å². The van der Waals surface area contributed by atoms with Crippen molar-refractivity contribution in [2.45, 2.75) is 56.9 Å². The van der Waals surface area contributed by atoms with E-state index in [9.17, 15) is 0 Å². The molecule has 3 heterocycles. The number of pyridine rings is 1. The van der Waals surface area contributed by atoms with Gasteiger partial charge in [-0.25, -0.2) is 9.13 Å². The highest BCUT2D eigenvalue weighted by Crippen LogP contribution is 2.44. The summed E-state index contributed by atoms with van der Waals surface area (Å²) < 4.78 is 7.14. The molecule has 2 aromatic carbocycles. The third kappa shape index (κ3) is 5.44. The number of nitrogens with zero attached hydrogens (tertiary/aromatic N) is 4. The first-order chi connectivity index (χ1) is 18.6.